The van der Waals surface area contributed by atoms with Gasteiger partial charge >= 0.3 is 0 Å². The molecule has 92 valence electrons. The van der Waals surface area contributed by atoms with Crippen molar-refractivity contribution in [2.24, 2.45) is 5.41 Å². The van der Waals surface area contributed by atoms with Crippen LogP contribution in [0.25, 0.3) is 0 Å². The average Bonchev–Trinajstić information content (AvgIpc) is 2.82. The summed E-state index contributed by atoms with van der Waals surface area (Å²) >= 11 is 0. The molecule has 0 aromatic heterocycles. The number of benzene rings is 1. The van der Waals surface area contributed by atoms with Crippen LogP contribution in [0.5, 0.6) is 0 Å². The van der Waals surface area contributed by atoms with Crippen LogP contribution in [0.4, 0.5) is 0 Å². The maximum atomic E-state index is 3.92. The van der Waals surface area contributed by atoms with E-state index >= 15 is 0 Å². The van der Waals surface area contributed by atoms with Gasteiger partial charge in [-0.2, -0.15) is 0 Å². The first-order valence-corrected chi connectivity index (χ1v) is 6.98. The molecule has 0 bridgehead atoms. The Morgan fingerprint density at radius 3 is 2.29 bits per heavy atom. The summed E-state index contributed by atoms with van der Waals surface area (Å²) in [5.74, 6) is 0. The van der Waals surface area contributed by atoms with Gasteiger partial charge in [0.2, 0.25) is 0 Å². The molecule has 0 aliphatic heterocycles. The molecule has 1 unspecified atom stereocenters. The molecule has 1 atom stereocenters. The molecular weight excluding hydrogens is 206 g/mol. The fourth-order valence-electron chi connectivity index (χ4n) is 3.60. The van der Waals surface area contributed by atoms with Crippen molar-refractivity contribution >= 4 is 0 Å². The fraction of sp³-hybridized carbons (Fsp3) is 0.625. The minimum Gasteiger partial charge on any atom is -0.310 e. The Hall–Kier alpha value is -0.820. The Balaban J connectivity index is 1.66. The molecule has 1 fully saturated rings. The van der Waals surface area contributed by atoms with E-state index in [1.807, 2.05) is 0 Å². The van der Waals surface area contributed by atoms with E-state index in [1.54, 1.807) is 11.1 Å². The lowest BCUT2D eigenvalue weighted by atomic mass is 9.87. The van der Waals surface area contributed by atoms with Crippen molar-refractivity contribution < 1.29 is 0 Å². The van der Waals surface area contributed by atoms with Crippen LogP contribution in [0.1, 0.15) is 44.2 Å². The molecule has 1 saturated carbocycles. The number of hydrogen-bond donors (Lipinski definition) is 1. The molecule has 1 aromatic rings. The predicted molar refractivity (Wildman–Crippen MR) is 72.2 cm³/mol. The zero-order valence-corrected chi connectivity index (χ0v) is 11.0. The van der Waals surface area contributed by atoms with Gasteiger partial charge in [-0.05, 0) is 42.2 Å². The number of fused-ring (bicyclic) bond motifs is 1. The van der Waals surface area contributed by atoms with Crippen LogP contribution in [-0.4, -0.2) is 12.1 Å². The Bertz CT molecular complexity index is 383. The summed E-state index contributed by atoms with van der Waals surface area (Å²) in [7, 11) is 0. The number of hydrogen-bond acceptors (Lipinski definition) is 1. The van der Waals surface area contributed by atoms with Crippen LogP contribution in [0.2, 0.25) is 0 Å². The van der Waals surface area contributed by atoms with Crippen LogP contribution in [0, 0.1) is 5.41 Å². The predicted octanol–water partition coefficient (Wildman–Crippen LogP) is 3.32. The zero-order chi connectivity index (χ0) is 11.9. The topological polar surface area (TPSA) is 12.0 Å². The van der Waals surface area contributed by atoms with Crippen molar-refractivity contribution in [1.29, 1.82) is 0 Å². The van der Waals surface area contributed by atoms with E-state index in [0.29, 0.717) is 11.5 Å². The molecule has 1 aromatic carbocycles. The van der Waals surface area contributed by atoms with Gasteiger partial charge in [-0.3, -0.25) is 0 Å². The number of rotatable bonds is 2. The first-order chi connectivity index (χ1) is 8.15. The quantitative estimate of drug-likeness (QED) is 0.820. The fourth-order valence-corrected chi connectivity index (χ4v) is 3.60. The molecule has 0 saturated heterocycles. The van der Waals surface area contributed by atoms with Crippen molar-refractivity contribution in [2.75, 3.05) is 0 Å². The third-order valence-electron chi connectivity index (χ3n) is 4.75. The molecule has 0 spiro atoms. The summed E-state index contributed by atoms with van der Waals surface area (Å²) in [5.41, 5.74) is 3.61. The molecular formula is C16H23N. The molecule has 1 nitrogen and oxygen atoms in total. The minimum absolute atomic E-state index is 0.495. The Kier molecular flexibility index (Phi) is 2.74. The summed E-state index contributed by atoms with van der Waals surface area (Å²) in [5, 5.41) is 3.92. The second-order valence-electron chi connectivity index (χ2n) is 6.47. The molecule has 2 aliphatic carbocycles. The zero-order valence-electron chi connectivity index (χ0n) is 11.0. The van der Waals surface area contributed by atoms with Crippen LogP contribution in [-0.2, 0) is 12.8 Å². The van der Waals surface area contributed by atoms with Gasteiger partial charge in [0.1, 0.15) is 0 Å². The molecule has 3 rings (SSSR count). The van der Waals surface area contributed by atoms with Crippen LogP contribution >= 0.6 is 0 Å². The van der Waals surface area contributed by atoms with E-state index in [4.69, 9.17) is 0 Å². The molecule has 0 heterocycles. The van der Waals surface area contributed by atoms with Gasteiger partial charge in [-0.1, -0.05) is 44.5 Å². The second kappa shape index (κ2) is 4.13. The summed E-state index contributed by atoms with van der Waals surface area (Å²) in [6, 6.07) is 10.3. The first kappa shape index (κ1) is 11.3. The lowest BCUT2D eigenvalue weighted by Crippen LogP contribution is -2.44. The normalized spacial score (nSPS) is 27.3. The molecule has 0 amide bonds. The molecule has 1 N–H and O–H groups in total. The van der Waals surface area contributed by atoms with Gasteiger partial charge in [0.05, 0.1) is 0 Å². The maximum Gasteiger partial charge on any atom is 0.0151 e. The second-order valence-corrected chi connectivity index (χ2v) is 6.47. The molecule has 0 radical (unpaired) electrons. The van der Waals surface area contributed by atoms with Crippen molar-refractivity contribution in [1.82, 2.24) is 5.32 Å². The minimum atomic E-state index is 0.495. The smallest absolute Gasteiger partial charge is 0.0151 e. The Morgan fingerprint density at radius 2 is 1.76 bits per heavy atom. The SMILES string of the molecule is CC1(C)CCCC1NC1Cc2ccccc2C1. The monoisotopic (exact) mass is 229 g/mol. The highest BCUT2D eigenvalue weighted by Gasteiger charge is 2.36. The largest absolute Gasteiger partial charge is 0.310 e. The van der Waals surface area contributed by atoms with Crippen LogP contribution < -0.4 is 5.32 Å². The average molecular weight is 229 g/mol. The van der Waals surface area contributed by atoms with E-state index in [2.05, 4.69) is 43.4 Å². The lowest BCUT2D eigenvalue weighted by molar-refractivity contribution is 0.262. The molecule has 2 aliphatic rings. The molecule has 1 heteroatoms. The highest BCUT2D eigenvalue weighted by atomic mass is 15.0. The Morgan fingerprint density at radius 1 is 1.12 bits per heavy atom. The van der Waals surface area contributed by atoms with Crippen LogP contribution in [0.3, 0.4) is 0 Å². The first-order valence-electron chi connectivity index (χ1n) is 6.98. The van der Waals surface area contributed by atoms with Gasteiger partial charge in [0.15, 0.2) is 0 Å². The van der Waals surface area contributed by atoms with Crippen molar-refractivity contribution in [3.63, 3.8) is 0 Å². The van der Waals surface area contributed by atoms with Gasteiger partial charge in [0.25, 0.3) is 0 Å². The van der Waals surface area contributed by atoms with Crippen LogP contribution in [0.15, 0.2) is 24.3 Å². The lowest BCUT2D eigenvalue weighted by Gasteiger charge is -2.30. The standard InChI is InChI=1S/C16H23N/c1-16(2)9-5-8-15(16)17-14-10-12-6-3-4-7-13(12)11-14/h3-4,6-7,14-15,17H,5,8-11H2,1-2H3. The summed E-state index contributed by atoms with van der Waals surface area (Å²) in [6.07, 6.45) is 6.58. The van der Waals surface area contributed by atoms with E-state index in [-0.39, 0.29) is 0 Å². The third kappa shape index (κ3) is 2.13. The van der Waals surface area contributed by atoms with E-state index in [9.17, 15) is 0 Å². The highest BCUT2D eigenvalue weighted by molar-refractivity contribution is 5.33. The highest BCUT2D eigenvalue weighted by Crippen LogP contribution is 2.38. The summed E-state index contributed by atoms with van der Waals surface area (Å²) in [6.45, 7) is 4.83. The van der Waals surface area contributed by atoms with E-state index in [0.717, 1.165) is 6.04 Å². The van der Waals surface area contributed by atoms with Gasteiger partial charge < -0.3 is 5.32 Å². The summed E-state index contributed by atoms with van der Waals surface area (Å²) in [4.78, 5) is 0. The van der Waals surface area contributed by atoms with Crippen molar-refractivity contribution in [3.8, 4) is 0 Å². The van der Waals surface area contributed by atoms with Crippen molar-refractivity contribution in [3.05, 3.63) is 35.4 Å². The Labute approximate surface area is 105 Å². The summed E-state index contributed by atoms with van der Waals surface area (Å²) < 4.78 is 0. The van der Waals surface area contributed by atoms with E-state index in [1.165, 1.54) is 32.1 Å². The molecule has 17 heavy (non-hydrogen) atoms. The maximum absolute atomic E-state index is 3.92. The number of nitrogens with one attached hydrogen (secondary N) is 1. The van der Waals surface area contributed by atoms with Gasteiger partial charge in [0, 0.05) is 12.1 Å². The van der Waals surface area contributed by atoms with Crippen molar-refractivity contribution in [2.45, 2.75) is 58.0 Å². The van der Waals surface area contributed by atoms with E-state index < -0.39 is 0 Å². The van der Waals surface area contributed by atoms with Gasteiger partial charge in [-0.15, -0.1) is 0 Å². The third-order valence-corrected chi connectivity index (χ3v) is 4.75. The van der Waals surface area contributed by atoms with Gasteiger partial charge in [-0.25, -0.2) is 0 Å².